The molecule has 8 heteroatoms. The molecule has 4 saturated heterocycles. The normalized spacial score (nSPS) is 28.1. The van der Waals surface area contributed by atoms with Crippen LogP contribution in [0.1, 0.15) is 23.3 Å². The lowest BCUT2D eigenvalue weighted by Gasteiger charge is -2.44. The molecule has 2 bridgehead atoms. The Morgan fingerprint density at radius 1 is 1.25 bits per heavy atom. The van der Waals surface area contributed by atoms with E-state index in [1.165, 1.54) is 0 Å². The molecule has 0 radical (unpaired) electrons. The van der Waals surface area contributed by atoms with Crippen LogP contribution >= 0.6 is 0 Å². The van der Waals surface area contributed by atoms with E-state index in [1.807, 2.05) is 11.9 Å². The number of nitrogens with one attached hydrogen (secondary N) is 1. The van der Waals surface area contributed by atoms with Gasteiger partial charge in [0.25, 0.3) is 5.91 Å². The first-order valence-electron chi connectivity index (χ1n) is 9.98. The van der Waals surface area contributed by atoms with E-state index < -0.39 is 0 Å². The summed E-state index contributed by atoms with van der Waals surface area (Å²) in [7, 11) is 1.93. The Balaban J connectivity index is 1.38. The average Bonchev–Trinajstić information content (AvgIpc) is 3.12. The minimum absolute atomic E-state index is 0.0338. The molecule has 6 heterocycles. The molecule has 148 valence electrons. The average molecular weight is 383 g/mol. The van der Waals surface area contributed by atoms with Crippen molar-refractivity contribution in [2.24, 2.45) is 5.92 Å². The van der Waals surface area contributed by atoms with Crippen molar-refractivity contribution in [3.63, 3.8) is 0 Å². The quantitative estimate of drug-likeness (QED) is 0.849. The maximum absolute atomic E-state index is 12.8. The van der Waals surface area contributed by atoms with Gasteiger partial charge in [0.1, 0.15) is 12.0 Å². The topological polar surface area (TPSA) is 81.9 Å². The molecule has 4 aliphatic heterocycles. The third-order valence-electron chi connectivity index (χ3n) is 6.35. The first-order chi connectivity index (χ1) is 13.6. The monoisotopic (exact) mass is 383 g/mol. The van der Waals surface area contributed by atoms with Crippen LogP contribution in [0.4, 0.5) is 5.69 Å². The Bertz CT molecular complexity index is 918. The number of pyridine rings is 1. The van der Waals surface area contributed by atoms with Crippen molar-refractivity contribution in [1.82, 2.24) is 20.1 Å². The summed E-state index contributed by atoms with van der Waals surface area (Å²) in [5.41, 5.74) is 1.67. The Labute approximate surface area is 163 Å². The zero-order valence-electron chi connectivity index (χ0n) is 16.1. The van der Waals surface area contributed by atoms with Crippen molar-refractivity contribution in [3.8, 4) is 0 Å². The van der Waals surface area contributed by atoms with Crippen molar-refractivity contribution in [2.45, 2.75) is 18.9 Å². The summed E-state index contributed by atoms with van der Waals surface area (Å²) < 4.78 is 5.59. The third-order valence-corrected chi connectivity index (χ3v) is 6.35. The van der Waals surface area contributed by atoms with Crippen molar-refractivity contribution in [1.29, 1.82) is 0 Å². The lowest BCUT2D eigenvalue weighted by Crippen LogP contribution is -2.57. The fourth-order valence-electron chi connectivity index (χ4n) is 4.67. The van der Waals surface area contributed by atoms with Gasteiger partial charge >= 0.3 is 0 Å². The number of rotatable bonds is 3. The highest BCUT2D eigenvalue weighted by Gasteiger charge is 2.35. The number of carbonyl (C=O) groups excluding carboxylic acids is 2. The molecular formula is C20H25N5O3. The van der Waals surface area contributed by atoms with E-state index in [0.29, 0.717) is 36.0 Å². The Kier molecular flexibility index (Phi) is 4.32. The summed E-state index contributed by atoms with van der Waals surface area (Å²) in [6.07, 6.45) is 5.46. The Hall–Kier alpha value is -2.45. The molecule has 0 spiro atoms. The van der Waals surface area contributed by atoms with Gasteiger partial charge < -0.3 is 19.5 Å². The number of hydrogen-bond acceptors (Lipinski definition) is 6. The molecule has 1 N–H and O–H groups in total. The first-order valence-corrected chi connectivity index (χ1v) is 9.98. The first kappa shape index (κ1) is 17.6. The summed E-state index contributed by atoms with van der Waals surface area (Å²) in [5.74, 6) is 0.439. The molecule has 2 aromatic heterocycles. The van der Waals surface area contributed by atoms with E-state index in [-0.39, 0.29) is 17.9 Å². The van der Waals surface area contributed by atoms with Gasteiger partial charge in [-0.1, -0.05) is 0 Å². The van der Waals surface area contributed by atoms with Gasteiger partial charge in [-0.25, -0.2) is 4.98 Å². The molecule has 2 amide bonds. The lowest BCUT2D eigenvalue weighted by atomic mass is 9.84. The van der Waals surface area contributed by atoms with Crippen LogP contribution in [0, 0.1) is 5.92 Å². The summed E-state index contributed by atoms with van der Waals surface area (Å²) in [6, 6.07) is 1.94. The number of aromatic nitrogens is 1. The number of fused-ring (bicyclic) bond motifs is 4. The van der Waals surface area contributed by atoms with E-state index in [4.69, 9.17) is 4.42 Å². The molecule has 0 saturated carbocycles. The Morgan fingerprint density at radius 3 is 2.79 bits per heavy atom. The molecule has 28 heavy (non-hydrogen) atoms. The second-order valence-electron chi connectivity index (χ2n) is 8.19. The molecule has 0 aliphatic carbocycles. The van der Waals surface area contributed by atoms with Gasteiger partial charge in [-0.2, -0.15) is 0 Å². The summed E-state index contributed by atoms with van der Waals surface area (Å²) in [5, 5.41) is 3.93. The fourth-order valence-corrected chi connectivity index (χ4v) is 4.67. The lowest BCUT2D eigenvalue weighted by molar-refractivity contribution is -0.120. The van der Waals surface area contributed by atoms with Crippen LogP contribution in [0.25, 0.3) is 11.0 Å². The van der Waals surface area contributed by atoms with Gasteiger partial charge in [-0.15, -0.1) is 0 Å². The van der Waals surface area contributed by atoms with E-state index in [2.05, 4.69) is 15.2 Å². The number of piperidine rings is 3. The predicted molar refractivity (Wildman–Crippen MR) is 104 cm³/mol. The molecule has 4 fully saturated rings. The van der Waals surface area contributed by atoms with E-state index in [9.17, 15) is 9.59 Å². The minimum Gasteiger partial charge on any atom is -0.460 e. The van der Waals surface area contributed by atoms with E-state index in [1.54, 1.807) is 23.4 Å². The van der Waals surface area contributed by atoms with Crippen molar-refractivity contribution in [2.75, 3.05) is 51.2 Å². The highest BCUT2D eigenvalue weighted by atomic mass is 16.3. The van der Waals surface area contributed by atoms with Crippen molar-refractivity contribution in [3.05, 3.63) is 24.2 Å². The zero-order chi connectivity index (χ0) is 19.3. The molecule has 1 atom stereocenters. The van der Waals surface area contributed by atoms with Gasteiger partial charge in [-0.05, 0) is 45.0 Å². The van der Waals surface area contributed by atoms with Gasteiger partial charge in [0.05, 0.1) is 18.4 Å². The number of hydrogen-bond donors (Lipinski definition) is 1. The second kappa shape index (κ2) is 6.86. The van der Waals surface area contributed by atoms with Crippen LogP contribution in [0.2, 0.25) is 0 Å². The smallest absolute Gasteiger partial charge is 0.270 e. The number of likely N-dealkylation sites (N-methyl/N-ethyl adjacent to an activating group) is 1. The molecule has 6 rings (SSSR count). The van der Waals surface area contributed by atoms with Crippen LogP contribution in [0.3, 0.4) is 0 Å². The van der Waals surface area contributed by atoms with Crippen molar-refractivity contribution >= 4 is 28.5 Å². The largest absolute Gasteiger partial charge is 0.460 e. The van der Waals surface area contributed by atoms with Gasteiger partial charge in [0, 0.05) is 31.1 Å². The van der Waals surface area contributed by atoms with E-state index >= 15 is 0 Å². The minimum atomic E-state index is -0.155. The van der Waals surface area contributed by atoms with Crippen LogP contribution in [0.5, 0.6) is 0 Å². The molecule has 0 unspecified atom stereocenters. The van der Waals surface area contributed by atoms with Gasteiger partial charge in [-0.3, -0.25) is 14.5 Å². The Morgan fingerprint density at radius 2 is 2.07 bits per heavy atom. The molecule has 2 aromatic rings. The van der Waals surface area contributed by atoms with Crippen LogP contribution in [0.15, 0.2) is 22.9 Å². The summed E-state index contributed by atoms with van der Waals surface area (Å²) >= 11 is 0. The standard InChI is InChI=1S/C20H25N5O3/c1-23-6-7-25(19(26)11-23)17-12-28-18-9-21-15(8-14(17)18)20(27)22-16-10-24-4-2-13(16)3-5-24/h8-9,12-13,16H,2-7,10-11H2,1H3,(H,22,27)/t16-/m0/s1. The maximum atomic E-state index is 12.8. The van der Waals surface area contributed by atoms with Crippen LogP contribution in [-0.2, 0) is 4.79 Å². The number of furan rings is 1. The number of anilines is 1. The number of amides is 2. The second-order valence-corrected chi connectivity index (χ2v) is 8.19. The SMILES string of the molecule is CN1CCN(c2coc3cnc(C(=O)N[C@H]4CN5CCC4CC5)cc23)C(=O)C1. The molecular weight excluding hydrogens is 358 g/mol. The molecule has 0 aromatic carbocycles. The molecule has 8 nitrogen and oxygen atoms in total. The van der Waals surface area contributed by atoms with Crippen molar-refractivity contribution < 1.29 is 14.0 Å². The highest BCUT2D eigenvalue weighted by Crippen LogP contribution is 2.31. The number of carbonyl (C=O) groups is 2. The van der Waals surface area contributed by atoms with Gasteiger partial charge in [0.15, 0.2) is 5.58 Å². The zero-order valence-corrected chi connectivity index (χ0v) is 16.1. The number of piperazine rings is 1. The summed E-state index contributed by atoms with van der Waals surface area (Å²) in [4.78, 5) is 35.7. The highest BCUT2D eigenvalue weighted by molar-refractivity contribution is 6.05. The summed E-state index contributed by atoms with van der Waals surface area (Å²) in [6.45, 7) is 4.98. The van der Waals surface area contributed by atoms with E-state index in [0.717, 1.165) is 44.4 Å². The van der Waals surface area contributed by atoms with Crippen LogP contribution < -0.4 is 10.2 Å². The van der Waals surface area contributed by atoms with Gasteiger partial charge in [0.2, 0.25) is 5.91 Å². The number of nitrogens with zero attached hydrogens (tertiary/aromatic N) is 4. The predicted octanol–water partition coefficient (Wildman–Crippen LogP) is 0.930. The van der Waals surface area contributed by atoms with Crippen LogP contribution in [-0.4, -0.2) is 79.0 Å². The maximum Gasteiger partial charge on any atom is 0.270 e. The molecule has 4 aliphatic rings. The fraction of sp³-hybridized carbons (Fsp3) is 0.550. The third kappa shape index (κ3) is 3.06.